The first-order chi connectivity index (χ1) is 9.20. The molecule has 0 aliphatic heterocycles. The van der Waals surface area contributed by atoms with Crippen LogP contribution >= 0.6 is 12.4 Å². The number of hydrogen-bond acceptors (Lipinski definition) is 2. The molecule has 0 spiro atoms. The molecule has 1 aliphatic carbocycles. The first-order valence-electron chi connectivity index (χ1n) is 7.34. The van der Waals surface area contributed by atoms with Crippen LogP contribution in [0.4, 0.5) is 0 Å². The SMILES string of the molecule is CCN[C@H](C)CNC(=O)c1ccc2c(c1)CCCC2.Cl. The minimum Gasteiger partial charge on any atom is -0.350 e. The largest absolute Gasteiger partial charge is 0.350 e. The maximum absolute atomic E-state index is 12.1. The number of fused-ring (bicyclic) bond motifs is 1. The monoisotopic (exact) mass is 296 g/mol. The number of aryl methyl sites for hydroxylation is 2. The average molecular weight is 297 g/mol. The third-order valence-electron chi connectivity index (χ3n) is 3.73. The molecule has 2 rings (SSSR count). The summed E-state index contributed by atoms with van der Waals surface area (Å²) in [7, 11) is 0. The highest BCUT2D eigenvalue weighted by molar-refractivity contribution is 5.94. The minimum atomic E-state index is 0. The predicted octanol–water partition coefficient (Wildman–Crippen LogP) is 2.72. The predicted molar refractivity (Wildman–Crippen MR) is 85.8 cm³/mol. The summed E-state index contributed by atoms with van der Waals surface area (Å²) >= 11 is 0. The molecule has 0 saturated heterocycles. The number of hydrogen-bond donors (Lipinski definition) is 2. The van der Waals surface area contributed by atoms with Crippen LogP contribution in [-0.4, -0.2) is 25.0 Å². The summed E-state index contributed by atoms with van der Waals surface area (Å²) in [5.41, 5.74) is 3.58. The van der Waals surface area contributed by atoms with Gasteiger partial charge in [0.1, 0.15) is 0 Å². The van der Waals surface area contributed by atoms with Crippen molar-refractivity contribution in [2.75, 3.05) is 13.1 Å². The van der Waals surface area contributed by atoms with Crippen molar-refractivity contribution in [3.8, 4) is 0 Å². The van der Waals surface area contributed by atoms with Gasteiger partial charge in [0.05, 0.1) is 0 Å². The lowest BCUT2D eigenvalue weighted by molar-refractivity contribution is 0.0950. The topological polar surface area (TPSA) is 41.1 Å². The molecule has 0 bridgehead atoms. The Morgan fingerprint density at radius 1 is 1.25 bits per heavy atom. The fourth-order valence-electron chi connectivity index (χ4n) is 2.64. The van der Waals surface area contributed by atoms with Crippen LogP contribution in [0, 0.1) is 0 Å². The van der Waals surface area contributed by atoms with Crippen LogP contribution in [0.2, 0.25) is 0 Å². The van der Waals surface area contributed by atoms with E-state index in [0.717, 1.165) is 24.9 Å². The number of nitrogens with one attached hydrogen (secondary N) is 2. The number of likely N-dealkylation sites (N-methyl/N-ethyl adjacent to an activating group) is 1. The summed E-state index contributed by atoms with van der Waals surface area (Å²) in [6.45, 7) is 5.75. The van der Waals surface area contributed by atoms with Gasteiger partial charge in [0.2, 0.25) is 0 Å². The van der Waals surface area contributed by atoms with E-state index in [2.05, 4.69) is 36.6 Å². The summed E-state index contributed by atoms with van der Waals surface area (Å²) in [5.74, 6) is 0.0399. The lowest BCUT2D eigenvalue weighted by atomic mass is 9.90. The smallest absolute Gasteiger partial charge is 0.251 e. The summed E-state index contributed by atoms with van der Waals surface area (Å²) in [6.07, 6.45) is 4.80. The zero-order valence-electron chi connectivity index (χ0n) is 12.4. The Kier molecular flexibility index (Phi) is 7.03. The van der Waals surface area contributed by atoms with E-state index in [1.165, 1.54) is 24.0 Å². The summed E-state index contributed by atoms with van der Waals surface area (Å²) in [5, 5.41) is 6.28. The molecule has 1 aromatic rings. The fourth-order valence-corrected chi connectivity index (χ4v) is 2.64. The molecule has 0 heterocycles. The van der Waals surface area contributed by atoms with E-state index in [0.29, 0.717) is 12.6 Å². The van der Waals surface area contributed by atoms with Crippen molar-refractivity contribution in [3.05, 3.63) is 34.9 Å². The van der Waals surface area contributed by atoms with E-state index in [1.54, 1.807) is 0 Å². The van der Waals surface area contributed by atoms with Crippen LogP contribution in [0.25, 0.3) is 0 Å². The van der Waals surface area contributed by atoms with E-state index in [1.807, 2.05) is 6.07 Å². The van der Waals surface area contributed by atoms with Crippen LogP contribution in [0.5, 0.6) is 0 Å². The van der Waals surface area contributed by atoms with Crippen molar-refractivity contribution in [2.24, 2.45) is 0 Å². The molecular weight excluding hydrogens is 272 g/mol. The average Bonchev–Trinajstić information content (AvgIpc) is 2.44. The molecule has 0 aromatic heterocycles. The van der Waals surface area contributed by atoms with Crippen molar-refractivity contribution in [2.45, 2.75) is 45.6 Å². The second-order valence-electron chi connectivity index (χ2n) is 5.36. The number of carbonyl (C=O) groups is 1. The molecular formula is C16H25ClN2O. The summed E-state index contributed by atoms with van der Waals surface area (Å²) in [4.78, 5) is 12.1. The van der Waals surface area contributed by atoms with Gasteiger partial charge >= 0.3 is 0 Å². The van der Waals surface area contributed by atoms with E-state index in [9.17, 15) is 4.79 Å². The lowest BCUT2D eigenvalue weighted by Crippen LogP contribution is -2.38. The fraction of sp³-hybridized carbons (Fsp3) is 0.562. The van der Waals surface area contributed by atoms with Gasteiger partial charge in [-0.15, -0.1) is 12.4 Å². The number of benzene rings is 1. The highest BCUT2D eigenvalue weighted by Gasteiger charge is 2.13. The highest BCUT2D eigenvalue weighted by atomic mass is 35.5. The van der Waals surface area contributed by atoms with Crippen molar-refractivity contribution in [3.63, 3.8) is 0 Å². The Morgan fingerprint density at radius 3 is 2.65 bits per heavy atom. The molecule has 3 nitrogen and oxygen atoms in total. The van der Waals surface area contributed by atoms with Crippen molar-refractivity contribution >= 4 is 18.3 Å². The molecule has 112 valence electrons. The minimum absolute atomic E-state index is 0. The molecule has 1 atom stereocenters. The maximum Gasteiger partial charge on any atom is 0.251 e. The van der Waals surface area contributed by atoms with Gasteiger partial charge in [-0.1, -0.05) is 13.0 Å². The lowest BCUT2D eigenvalue weighted by Gasteiger charge is -2.17. The van der Waals surface area contributed by atoms with Crippen LogP contribution < -0.4 is 10.6 Å². The molecule has 2 N–H and O–H groups in total. The van der Waals surface area contributed by atoms with Crippen LogP contribution in [0.3, 0.4) is 0 Å². The van der Waals surface area contributed by atoms with Crippen molar-refractivity contribution in [1.82, 2.24) is 10.6 Å². The molecule has 1 amide bonds. The Hall–Kier alpha value is -1.06. The van der Waals surface area contributed by atoms with Gasteiger partial charge in [-0.2, -0.15) is 0 Å². The number of carbonyl (C=O) groups excluding carboxylic acids is 1. The van der Waals surface area contributed by atoms with E-state index in [4.69, 9.17) is 0 Å². The molecule has 1 aromatic carbocycles. The maximum atomic E-state index is 12.1. The molecule has 1 aliphatic rings. The van der Waals surface area contributed by atoms with Gasteiger partial charge in [0, 0.05) is 18.2 Å². The van der Waals surface area contributed by atoms with E-state index < -0.39 is 0 Å². The second kappa shape index (κ2) is 8.28. The summed E-state index contributed by atoms with van der Waals surface area (Å²) < 4.78 is 0. The quantitative estimate of drug-likeness (QED) is 0.877. The number of halogens is 1. The van der Waals surface area contributed by atoms with Gasteiger partial charge in [0.25, 0.3) is 5.91 Å². The van der Waals surface area contributed by atoms with Gasteiger partial charge in [0.15, 0.2) is 0 Å². The molecule has 0 saturated carbocycles. The van der Waals surface area contributed by atoms with E-state index in [-0.39, 0.29) is 18.3 Å². The van der Waals surface area contributed by atoms with Crippen molar-refractivity contribution in [1.29, 1.82) is 0 Å². The molecule has 0 fully saturated rings. The number of rotatable bonds is 5. The Balaban J connectivity index is 0.00000200. The first kappa shape index (κ1) is 17.0. The van der Waals surface area contributed by atoms with Crippen LogP contribution in [0.15, 0.2) is 18.2 Å². The van der Waals surface area contributed by atoms with Gasteiger partial charge in [-0.05, 0) is 62.4 Å². The standard InChI is InChI=1S/C16H24N2O.ClH/c1-3-17-12(2)11-18-16(19)15-9-8-13-6-4-5-7-14(13)10-15;/h8-10,12,17H,3-7,11H2,1-2H3,(H,18,19);1H/t12-;/m1./s1. The van der Waals surface area contributed by atoms with Crippen LogP contribution in [0.1, 0.15) is 48.2 Å². The Bertz CT molecular complexity index is 448. The summed E-state index contributed by atoms with van der Waals surface area (Å²) in [6, 6.07) is 6.46. The molecule has 0 radical (unpaired) electrons. The highest BCUT2D eigenvalue weighted by Crippen LogP contribution is 2.22. The normalized spacial score (nSPS) is 14.9. The zero-order chi connectivity index (χ0) is 13.7. The van der Waals surface area contributed by atoms with Crippen LogP contribution in [-0.2, 0) is 12.8 Å². The van der Waals surface area contributed by atoms with Gasteiger partial charge in [-0.25, -0.2) is 0 Å². The Labute approximate surface area is 127 Å². The van der Waals surface area contributed by atoms with E-state index >= 15 is 0 Å². The third-order valence-corrected chi connectivity index (χ3v) is 3.73. The molecule has 4 heteroatoms. The van der Waals surface area contributed by atoms with Crippen molar-refractivity contribution < 1.29 is 4.79 Å². The second-order valence-corrected chi connectivity index (χ2v) is 5.36. The molecule has 0 unspecified atom stereocenters. The van der Waals surface area contributed by atoms with Gasteiger partial charge < -0.3 is 10.6 Å². The third kappa shape index (κ3) is 4.50. The zero-order valence-corrected chi connectivity index (χ0v) is 13.2. The number of amides is 1. The van der Waals surface area contributed by atoms with Gasteiger partial charge in [-0.3, -0.25) is 4.79 Å². The molecule has 20 heavy (non-hydrogen) atoms. The first-order valence-corrected chi connectivity index (χ1v) is 7.34. The Morgan fingerprint density at radius 2 is 1.95 bits per heavy atom.